The zero-order valence-corrected chi connectivity index (χ0v) is 10.2. The molecule has 0 aliphatic carbocycles. The molecular weight excluding hydrogens is 252 g/mol. The van der Waals surface area contributed by atoms with Crippen molar-refractivity contribution in [2.45, 2.75) is 0 Å². The minimum absolute atomic E-state index is 0.344. The van der Waals surface area contributed by atoms with E-state index in [9.17, 15) is 4.79 Å². The molecule has 0 amide bonds. The second-order valence-corrected chi connectivity index (χ2v) is 4.59. The number of nitrogens with one attached hydrogen (secondary N) is 1. The number of carbonyl (C=O) groups is 1. The highest BCUT2D eigenvalue weighted by Gasteiger charge is 2.13. The SMILES string of the molecule is COC(=O)c1ccc(-c2ncnc3[nH]ncc23)s1. The van der Waals surface area contributed by atoms with Crippen LogP contribution in [0.4, 0.5) is 0 Å². The number of ether oxygens (including phenoxy) is 1. The van der Waals surface area contributed by atoms with Crippen molar-refractivity contribution >= 4 is 28.3 Å². The summed E-state index contributed by atoms with van der Waals surface area (Å²) in [6.07, 6.45) is 3.13. The van der Waals surface area contributed by atoms with Gasteiger partial charge in [-0.25, -0.2) is 14.8 Å². The smallest absolute Gasteiger partial charge is 0.348 e. The average Bonchev–Trinajstić information content (AvgIpc) is 3.05. The molecule has 3 aromatic heterocycles. The van der Waals surface area contributed by atoms with Gasteiger partial charge in [-0.05, 0) is 12.1 Å². The molecule has 0 aliphatic heterocycles. The quantitative estimate of drug-likeness (QED) is 0.711. The molecule has 6 nitrogen and oxygen atoms in total. The van der Waals surface area contributed by atoms with Gasteiger partial charge in [-0.2, -0.15) is 5.10 Å². The Hall–Kier alpha value is -2.28. The monoisotopic (exact) mass is 260 g/mol. The Labute approximate surface area is 106 Å². The minimum Gasteiger partial charge on any atom is -0.465 e. The first-order valence-corrected chi connectivity index (χ1v) is 5.94. The maximum atomic E-state index is 11.4. The maximum Gasteiger partial charge on any atom is 0.348 e. The molecule has 0 bridgehead atoms. The van der Waals surface area contributed by atoms with Crippen LogP contribution in [0.15, 0.2) is 24.7 Å². The van der Waals surface area contributed by atoms with Crippen LogP contribution in [0.3, 0.4) is 0 Å². The number of methoxy groups -OCH3 is 1. The molecule has 90 valence electrons. The zero-order chi connectivity index (χ0) is 12.5. The molecule has 3 heterocycles. The van der Waals surface area contributed by atoms with E-state index in [0.717, 1.165) is 16.0 Å². The molecule has 18 heavy (non-hydrogen) atoms. The van der Waals surface area contributed by atoms with Crippen LogP contribution < -0.4 is 0 Å². The lowest BCUT2D eigenvalue weighted by Crippen LogP contribution is -1.96. The lowest BCUT2D eigenvalue weighted by atomic mass is 10.2. The molecule has 0 saturated heterocycles. The van der Waals surface area contributed by atoms with Gasteiger partial charge in [0.25, 0.3) is 0 Å². The van der Waals surface area contributed by atoms with Crippen molar-refractivity contribution in [2.75, 3.05) is 7.11 Å². The second kappa shape index (κ2) is 4.19. The predicted molar refractivity (Wildman–Crippen MR) is 66.3 cm³/mol. The van der Waals surface area contributed by atoms with Crippen molar-refractivity contribution in [3.05, 3.63) is 29.5 Å². The molecule has 3 aromatic rings. The fourth-order valence-corrected chi connectivity index (χ4v) is 2.57. The van der Waals surface area contributed by atoms with Gasteiger partial charge in [-0.3, -0.25) is 5.10 Å². The van der Waals surface area contributed by atoms with Gasteiger partial charge in [-0.1, -0.05) is 0 Å². The minimum atomic E-state index is -0.344. The Morgan fingerprint density at radius 3 is 3.11 bits per heavy atom. The Morgan fingerprint density at radius 2 is 2.28 bits per heavy atom. The van der Waals surface area contributed by atoms with E-state index in [1.165, 1.54) is 24.8 Å². The summed E-state index contributed by atoms with van der Waals surface area (Å²) in [6.45, 7) is 0. The molecule has 0 fully saturated rings. The molecule has 0 unspecified atom stereocenters. The highest BCUT2D eigenvalue weighted by Crippen LogP contribution is 2.30. The molecule has 0 saturated carbocycles. The summed E-state index contributed by atoms with van der Waals surface area (Å²) in [6, 6.07) is 3.56. The molecule has 3 rings (SSSR count). The number of aromatic amines is 1. The summed E-state index contributed by atoms with van der Waals surface area (Å²) < 4.78 is 4.68. The van der Waals surface area contributed by atoms with Gasteiger partial charge in [0.2, 0.25) is 0 Å². The van der Waals surface area contributed by atoms with Crippen molar-refractivity contribution < 1.29 is 9.53 Å². The lowest BCUT2D eigenvalue weighted by molar-refractivity contribution is 0.0606. The maximum absolute atomic E-state index is 11.4. The third kappa shape index (κ3) is 1.65. The Balaban J connectivity index is 2.12. The fourth-order valence-electron chi connectivity index (χ4n) is 1.64. The Bertz CT molecular complexity index is 718. The van der Waals surface area contributed by atoms with Gasteiger partial charge in [0.1, 0.15) is 11.2 Å². The van der Waals surface area contributed by atoms with Crippen molar-refractivity contribution in [1.82, 2.24) is 20.2 Å². The first-order valence-electron chi connectivity index (χ1n) is 5.12. The molecule has 0 atom stereocenters. The van der Waals surface area contributed by atoms with Gasteiger partial charge in [0.15, 0.2) is 5.65 Å². The molecular formula is C11H8N4O2S. The van der Waals surface area contributed by atoms with Crippen LogP contribution in [0.5, 0.6) is 0 Å². The predicted octanol–water partition coefficient (Wildman–Crippen LogP) is 1.87. The average molecular weight is 260 g/mol. The third-order valence-corrected chi connectivity index (χ3v) is 3.55. The summed E-state index contributed by atoms with van der Waals surface area (Å²) in [7, 11) is 1.36. The van der Waals surface area contributed by atoms with Gasteiger partial charge in [0, 0.05) is 0 Å². The molecule has 1 N–H and O–H groups in total. The zero-order valence-electron chi connectivity index (χ0n) is 9.38. The van der Waals surface area contributed by atoms with E-state index < -0.39 is 0 Å². The number of esters is 1. The number of hydrogen-bond donors (Lipinski definition) is 1. The van der Waals surface area contributed by atoms with E-state index in [1.807, 2.05) is 6.07 Å². The summed E-state index contributed by atoms with van der Waals surface area (Å²) in [5.74, 6) is -0.344. The number of carbonyl (C=O) groups excluding carboxylic acids is 1. The number of nitrogens with zero attached hydrogens (tertiary/aromatic N) is 3. The second-order valence-electron chi connectivity index (χ2n) is 3.51. The molecule has 0 aromatic carbocycles. The Morgan fingerprint density at radius 1 is 1.39 bits per heavy atom. The van der Waals surface area contributed by atoms with Crippen LogP contribution in [0.2, 0.25) is 0 Å². The topological polar surface area (TPSA) is 80.8 Å². The number of aromatic nitrogens is 4. The van der Waals surface area contributed by atoms with E-state index in [0.29, 0.717) is 10.5 Å². The van der Waals surface area contributed by atoms with Crippen LogP contribution in [0.1, 0.15) is 9.67 Å². The van der Waals surface area contributed by atoms with Gasteiger partial charge in [0.05, 0.1) is 29.3 Å². The highest BCUT2D eigenvalue weighted by atomic mass is 32.1. The fraction of sp³-hybridized carbons (Fsp3) is 0.0909. The van der Waals surface area contributed by atoms with Crippen molar-refractivity contribution in [2.24, 2.45) is 0 Å². The van der Waals surface area contributed by atoms with E-state index in [1.54, 1.807) is 12.3 Å². The summed E-state index contributed by atoms with van der Waals surface area (Å²) in [4.78, 5) is 21.1. The van der Waals surface area contributed by atoms with E-state index in [-0.39, 0.29) is 5.97 Å². The van der Waals surface area contributed by atoms with Gasteiger partial charge >= 0.3 is 5.97 Å². The summed E-state index contributed by atoms with van der Waals surface area (Å²) in [5.41, 5.74) is 1.43. The number of hydrogen-bond acceptors (Lipinski definition) is 6. The third-order valence-electron chi connectivity index (χ3n) is 2.47. The van der Waals surface area contributed by atoms with Crippen LogP contribution in [-0.2, 0) is 4.74 Å². The summed E-state index contributed by atoms with van der Waals surface area (Å²) >= 11 is 1.33. The normalized spacial score (nSPS) is 10.7. The van der Waals surface area contributed by atoms with Crippen LogP contribution in [-0.4, -0.2) is 33.2 Å². The lowest BCUT2D eigenvalue weighted by Gasteiger charge is -1.97. The standard InChI is InChI=1S/C11H8N4O2S/c1-17-11(16)8-3-2-7(18-8)9-6-4-14-15-10(6)13-5-12-9/h2-5H,1H3,(H,12,13,14,15). The molecule has 0 spiro atoms. The summed E-state index contributed by atoms with van der Waals surface area (Å²) in [5, 5.41) is 7.54. The molecule has 0 radical (unpaired) electrons. The van der Waals surface area contributed by atoms with Gasteiger partial charge in [-0.15, -0.1) is 11.3 Å². The van der Waals surface area contributed by atoms with Crippen molar-refractivity contribution in [1.29, 1.82) is 0 Å². The van der Waals surface area contributed by atoms with Crippen LogP contribution in [0.25, 0.3) is 21.6 Å². The largest absolute Gasteiger partial charge is 0.465 e. The van der Waals surface area contributed by atoms with E-state index >= 15 is 0 Å². The molecule has 0 aliphatic rings. The first kappa shape index (κ1) is 10.8. The van der Waals surface area contributed by atoms with Crippen molar-refractivity contribution in [3.63, 3.8) is 0 Å². The Kier molecular flexibility index (Phi) is 2.52. The molecule has 7 heteroatoms. The van der Waals surface area contributed by atoms with Crippen LogP contribution >= 0.6 is 11.3 Å². The van der Waals surface area contributed by atoms with E-state index in [2.05, 4.69) is 24.9 Å². The van der Waals surface area contributed by atoms with Gasteiger partial charge < -0.3 is 4.74 Å². The number of H-pyrrole nitrogens is 1. The highest BCUT2D eigenvalue weighted by molar-refractivity contribution is 7.17. The number of thiophene rings is 1. The number of fused-ring (bicyclic) bond motifs is 1. The van der Waals surface area contributed by atoms with E-state index in [4.69, 9.17) is 0 Å². The van der Waals surface area contributed by atoms with Crippen molar-refractivity contribution in [3.8, 4) is 10.6 Å². The van der Waals surface area contributed by atoms with Crippen LogP contribution in [0, 0.1) is 0 Å². The number of rotatable bonds is 2. The first-order chi connectivity index (χ1) is 8.79.